The zero-order valence-electron chi connectivity index (χ0n) is 7.56. The molecule has 2 rings (SSSR count). The molecule has 1 aromatic carbocycles. The molecule has 0 nitrogen and oxygen atoms in total. The van der Waals surface area contributed by atoms with E-state index in [1.807, 2.05) is 0 Å². The van der Waals surface area contributed by atoms with Gasteiger partial charge in [-0.1, -0.05) is 12.1 Å². The minimum atomic E-state index is -4.22. The van der Waals surface area contributed by atoms with Gasteiger partial charge in [0, 0.05) is 0 Å². The zero-order chi connectivity index (χ0) is 10.2. The summed E-state index contributed by atoms with van der Waals surface area (Å²) >= 11 is 0. The third-order valence-corrected chi connectivity index (χ3v) is 2.50. The summed E-state index contributed by atoms with van der Waals surface area (Å²) in [5.41, 5.74) is 0.729. The predicted molar refractivity (Wildman–Crippen MR) is 47.8 cm³/mol. The third-order valence-electron chi connectivity index (χ3n) is 2.50. The predicted octanol–water partition coefficient (Wildman–Crippen LogP) is 3.59. The average molecular weight is 199 g/mol. The van der Waals surface area contributed by atoms with Gasteiger partial charge in [0.25, 0.3) is 0 Å². The molecule has 1 aromatic rings. The van der Waals surface area contributed by atoms with Gasteiger partial charge < -0.3 is 0 Å². The molecule has 0 aliphatic heterocycles. The van der Waals surface area contributed by atoms with E-state index in [9.17, 15) is 13.2 Å². The van der Waals surface area contributed by atoms with Crippen LogP contribution in [0.15, 0.2) is 18.2 Å². The summed E-state index contributed by atoms with van der Waals surface area (Å²) in [6.45, 7) is 0. The van der Waals surface area contributed by atoms with Crippen LogP contribution in [0.1, 0.15) is 29.5 Å². The molecule has 3 heteroatoms. The summed E-state index contributed by atoms with van der Waals surface area (Å²) in [6.07, 6.45) is -0.0645. The van der Waals surface area contributed by atoms with E-state index in [2.05, 4.69) is 0 Å². The lowest BCUT2D eigenvalue weighted by molar-refractivity contribution is -0.138. The van der Waals surface area contributed by atoms with Crippen LogP contribution in [0.3, 0.4) is 0 Å². The lowest BCUT2D eigenvalue weighted by atomic mass is 9.88. The fourth-order valence-electron chi connectivity index (χ4n) is 1.86. The number of halogens is 3. The van der Waals surface area contributed by atoms with Crippen LogP contribution in [0.25, 0.3) is 0 Å². The molecule has 0 N–H and O–H groups in total. The van der Waals surface area contributed by atoms with Crippen molar-refractivity contribution in [2.24, 2.45) is 0 Å². The highest BCUT2D eigenvalue weighted by Crippen LogP contribution is 2.36. The van der Waals surface area contributed by atoms with Crippen LogP contribution in [0.4, 0.5) is 13.2 Å². The van der Waals surface area contributed by atoms with E-state index in [1.165, 1.54) is 6.07 Å². The van der Waals surface area contributed by atoms with E-state index in [0.29, 0.717) is 5.56 Å². The Bertz CT molecular complexity index is 339. The first kappa shape index (κ1) is 9.56. The molecule has 0 atom stereocenters. The largest absolute Gasteiger partial charge is 0.416 e. The smallest absolute Gasteiger partial charge is 0.166 e. The van der Waals surface area contributed by atoms with E-state index in [0.717, 1.165) is 30.9 Å². The summed E-state index contributed by atoms with van der Waals surface area (Å²) in [4.78, 5) is 0. The minimum absolute atomic E-state index is 0.395. The fraction of sp³-hybridized carbons (Fsp3) is 0.364. The molecule has 0 saturated heterocycles. The average Bonchev–Trinajstić information content (AvgIpc) is 2.15. The Morgan fingerprint density at radius 1 is 1.14 bits per heavy atom. The van der Waals surface area contributed by atoms with Gasteiger partial charge in [-0.2, -0.15) is 13.2 Å². The maximum atomic E-state index is 12.6. The maximum absolute atomic E-state index is 12.6. The van der Waals surface area contributed by atoms with Crippen LogP contribution in [0.2, 0.25) is 0 Å². The summed E-state index contributed by atoms with van der Waals surface area (Å²) in [5.74, 6) is 0. The molecule has 0 spiro atoms. The normalized spacial score (nSPS) is 16.5. The molecule has 0 aromatic heterocycles. The summed E-state index contributed by atoms with van der Waals surface area (Å²) in [5, 5.41) is 0. The third kappa shape index (κ3) is 1.63. The molecule has 1 aliphatic rings. The van der Waals surface area contributed by atoms with Crippen molar-refractivity contribution < 1.29 is 13.2 Å². The number of hydrogen-bond acceptors (Lipinski definition) is 0. The Kier molecular flexibility index (Phi) is 2.25. The second-order valence-corrected chi connectivity index (χ2v) is 3.47. The summed E-state index contributed by atoms with van der Waals surface area (Å²) in [6, 6.07) is 4.42. The van der Waals surface area contributed by atoms with Crippen molar-refractivity contribution in [2.75, 3.05) is 0 Å². The van der Waals surface area contributed by atoms with Gasteiger partial charge in [0.1, 0.15) is 0 Å². The van der Waals surface area contributed by atoms with E-state index < -0.39 is 11.7 Å². The van der Waals surface area contributed by atoms with Crippen LogP contribution in [-0.2, 0) is 12.6 Å². The van der Waals surface area contributed by atoms with Gasteiger partial charge in [0.2, 0.25) is 0 Å². The van der Waals surface area contributed by atoms with E-state index in [4.69, 9.17) is 0 Å². The molecule has 0 saturated carbocycles. The van der Waals surface area contributed by atoms with Crippen LogP contribution in [-0.4, -0.2) is 0 Å². The molecule has 75 valence electrons. The highest BCUT2D eigenvalue weighted by molar-refractivity contribution is 5.43. The number of fused-ring (bicyclic) bond motifs is 1. The zero-order valence-corrected chi connectivity index (χ0v) is 7.56. The standard InChI is InChI=1S/C11H10F3/c12-11(13,14)10-7-3-5-8-4-1-2-6-9(8)10/h3,5-7H,1-2,4H2. The molecule has 0 amide bonds. The van der Waals surface area contributed by atoms with Crippen molar-refractivity contribution in [3.63, 3.8) is 0 Å². The summed E-state index contributed by atoms with van der Waals surface area (Å²) < 4.78 is 37.7. The SMILES string of the molecule is FC(F)(F)c1cccc2c1[CH]CCC2. The lowest BCUT2D eigenvalue weighted by Gasteiger charge is -2.20. The summed E-state index contributed by atoms with van der Waals surface area (Å²) in [7, 11) is 0. The molecule has 0 heterocycles. The Morgan fingerprint density at radius 2 is 1.93 bits per heavy atom. The van der Waals surface area contributed by atoms with Crippen molar-refractivity contribution in [3.05, 3.63) is 41.3 Å². The number of benzene rings is 1. The van der Waals surface area contributed by atoms with Gasteiger partial charge in [-0.05, 0) is 42.9 Å². The monoisotopic (exact) mass is 199 g/mol. The van der Waals surface area contributed by atoms with E-state index in [1.54, 1.807) is 12.5 Å². The second-order valence-electron chi connectivity index (χ2n) is 3.47. The fourth-order valence-corrected chi connectivity index (χ4v) is 1.86. The van der Waals surface area contributed by atoms with Gasteiger partial charge in [0.15, 0.2) is 0 Å². The van der Waals surface area contributed by atoms with Gasteiger partial charge in [-0.3, -0.25) is 0 Å². The molecular formula is C11H10F3. The van der Waals surface area contributed by atoms with Gasteiger partial charge in [-0.25, -0.2) is 0 Å². The van der Waals surface area contributed by atoms with Crippen molar-refractivity contribution in [1.29, 1.82) is 0 Å². The van der Waals surface area contributed by atoms with Crippen LogP contribution in [0, 0.1) is 6.42 Å². The highest BCUT2D eigenvalue weighted by atomic mass is 19.4. The Labute approximate surface area is 80.7 Å². The van der Waals surface area contributed by atoms with Gasteiger partial charge >= 0.3 is 6.18 Å². The Balaban J connectivity index is 2.51. The minimum Gasteiger partial charge on any atom is -0.166 e. The topological polar surface area (TPSA) is 0 Å². The van der Waals surface area contributed by atoms with Crippen LogP contribution in [0.5, 0.6) is 0 Å². The number of aryl methyl sites for hydroxylation is 1. The first-order valence-corrected chi connectivity index (χ1v) is 4.61. The maximum Gasteiger partial charge on any atom is 0.416 e. The van der Waals surface area contributed by atoms with Crippen LogP contribution >= 0.6 is 0 Å². The number of hydrogen-bond donors (Lipinski definition) is 0. The van der Waals surface area contributed by atoms with E-state index in [-0.39, 0.29) is 0 Å². The highest BCUT2D eigenvalue weighted by Gasteiger charge is 2.34. The molecule has 0 bridgehead atoms. The second kappa shape index (κ2) is 3.30. The van der Waals surface area contributed by atoms with Crippen molar-refractivity contribution >= 4 is 0 Å². The molecule has 14 heavy (non-hydrogen) atoms. The Morgan fingerprint density at radius 3 is 2.64 bits per heavy atom. The first-order chi connectivity index (χ1) is 6.59. The molecular weight excluding hydrogens is 189 g/mol. The van der Waals surface area contributed by atoms with Gasteiger partial charge in [-0.15, -0.1) is 0 Å². The molecule has 1 aliphatic carbocycles. The van der Waals surface area contributed by atoms with Gasteiger partial charge in [0.05, 0.1) is 5.56 Å². The Hall–Kier alpha value is -0.990. The number of alkyl halides is 3. The van der Waals surface area contributed by atoms with Crippen molar-refractivity contribution in [3.8, 4) is 0 Å². The van der Waals surface area contributed by atoms with E-state index >= 15 is 0 Å². The molecule has 1 radical (unpaired) electrons. The quantitative estimate of drug-likeness (QED) is 0.599. The van der Waals surface area contributed by atoms with Crippen molar-refractivity contribution in [1.82, 2.24) is 0 Å². The van der Waals surface area contributed by atoms with Crippen molar-refractivity contribution in [2.45, 2.75) is 25.4 Å². The first-order valence-electron chi connectivity index (χ1n) is 4.61. The molecule has 0 fully saturated rings. The van der Waals surface area contributed by atoms with Crippen LogP contribution < -0.4 is 0 Å². The molecule has 0 unspecified atom stereocenters. The number of rotatable bonds is 0. The lowest BCUT2D eigenvalue weighted by Crippen LogP contribution is -2.12.